The number of allylic oxidation sites excluding steroid dienone is 6. The molecule has 1 radical (unpaired) electrons. The zero-order chi connectivity index (χ0) is 7.78. The lowest BCUT2D eigenvalue weighted by Crippen LogP contribution is -1.64. The SMILES string of the molecule is C1=C=CC=CCCC=C[CH]C=1. The molecule has 0 aromatic rings. The van der Waals surface area contributed by atoms with Crippen LogP contribution in [0.2, 0.25) is 0 Å². The van der Waals surface area contributed by atoms with Crippen LogP contribution in [0.15, 0.2) is 47.9 Å². The summed E-state index contributed by atoms with van der Waals surface area (Å²) in [4.78, 5) is 0. The molecule has 0 bridgehead atoms. The summed E-state index contributed by atoms with van der Waals surface area (Å²) >= 11 is 0. The molecular weight excluding hydrogens is 132 g/mol. The molecule has 1 aliphatic carbocycles. The fourth-order valence-corrected chi connectivity index (χ4v) is 0.780. The maximum absolute atomic E-state index is 2.90. The van der Waals surface area contributed by atoms with Crippen LogP contribution in [0.5, 0.6) is 0 Å². The molecule has 55 valence electrons. The quantitative estimate of drug-likeness (QED) is 0.457. The van der Waals surface area contributed by atoms with Gasteiger partial charge in [0.05, 0.1) is 0 Å². The Morgan fingerprint density at radius 1 is 0.818 bits per heavy atom. The van der Waals surface area contributed by atoms with Crippen molar-refractivity contribution in [2.75, 3.05) is 0 Å². The van der Waals surface area contributed by atoms with Crippen molar-refractivity contribution >= 4 is 0 Å². The van der Waals surface area contributed by atoms with E-state index in [1.165, 1.54) is 0 Å². The summed E-state index contributed by atoms with van der Waals surface area (Å²) in [6.45, 7) is 0. The molecule has 0 aromatic heterocycles. The molecule has 0 fully saturated rings. The summed E-state index contributed by atoms with van der Waals surface area (Å²) in [6, 6.07) is 0. The highest BCUT2D eigenvalue weighted by atomic mass is 13.8. The Kier molecular flexibility index (Phi) is 3.98. The maximum atomic E-state index is 2.90. The minimum Gasteiger partial charge on any atom is -0.0876 e. The highest BCUT2D eigenvalue weighted by Gasteiger charge is 1.75. The molecule has 0 aromatic carbocycles. The highest BCUT2D eigenvalue weighted by molar-refractivity contribution is 5.11. The van der Waals surface area contributed by atoms with Gasteiger partial charge in [0.15, 0.2) is 0 Å². The largest absolute Gasteiger partial charge is 0.0876 e. The van der Waals surface area contributed by atoms with Crippen molar-refractivity contribution in [1.29, 1.82) is 0 Å². The molecule has 1 rings (SSSR count). The van der Waals surface area contributed by atoms with E-state index in [4.69, 9.17) is 0 Å². The van der Waals surface area contributed by atoms with Crippen LogP contribution in [-0.2, 0) is 0 Å². The molecule has 0 aliphatic heterocycles. The van der Waals surface area contributed by atoms with E-state index in [1.807, 2.05) is 30.7 Å². The molecule has 0 amide bonds. The Labute approximate surface area is 67.9 Å². The van der Waals surface area contributed by atoms with Crippen molar-refractivity contribution in [3.05, 3.63) is 54.3 Å². The average Bonchev–Trinajstić information content (AvgIpc) is 2.08. The van der Waals surface area contributed by atoms with Crippen molar-refractivity contribution in [1.82, 2.24) is 0 Å². The van der Waals surface area contributed by atoms with E-state index in [0.717, 1.165) is 12.8 Å². The summed E-state index contributed by atoms with van der Waals surface area (Å²) in [5.41, 5.74) is 5.79. The van der Waals surface area contributed by atoms with Gasteiger partial charge in [-0.15, -0.1) is 0 Å². The Morgan fingerprint density at radius 2 is 1.55 bits per heavy atom. The third-order valence-electron chi connectivity index (χ3n) is 1.33. The van der Waals surface area contributed by atoms with Gasteiger partial charge in [-0.05, 0) is 25.0 Å². The lowest BCUT2D eigenvalue weighted by atomic mass is 10.2. The predicted molar refractivity (Wildman–Crippen MR) is 48.0 cm³/mol. The average molecular weight is 143 g/mol. The molecule has 0 saturated carbocycles. The van der Waals surface area contributed by atoms with Crippen LogP contribution >= 0.6 is 0 Å². The van der Waals surface area contributed by atoms with Gasteiger partial charge < -0.3 is 0 Å². The molecule has 1 aliphatic rings. The third kappa shape index (κ3) is 4.22. The second-order valence-corrected chi connectivity index (χ2v) is 2.25. The van der Waals surface area contributed by atoms with Gasteiger partial charge in [0, 0.05) is 6.42 Å². The van der Waals surface area contributed by atoms with Crippen LogP contribution in [0.4, 0.5) is 0 Å². The highest BCUT2D eigenvalue weighted by Crippen LogP contribution is 1.95. The minimum atomic E-state index is 1.10. The number of rotatable bonds is 0. The van der Waals surface area contributed by atoms with Crippen molar-refractivity contribution in [3.63, 3.8) is 0 Å². The Hall–Kier alpha value is -1.22. The Balaban J connectivity index is 2.65. The van der Waals surface area contributed by atoms with Crippen LogP contribution in [0.3, 0.4) is 0 Å². The van der Waals surface area contributed by atoms with E-state index < -0.39 is 0 Å². The van der Waals surface area contributed by atoms with Gasteiger partial charge in [-0.1, -0.05) is 35.8 Å². The van der Waals surface area contributed by atoms with Gasteiger partial charge in [0.2, 0.25) is 0 Å². The normalized spacial score (nSPS) is 16.7. The van der Waals surface area contributed by atoms with Crippen molar-refractivity contribution < 1.29 is 0 Å². The molecule has 0 heterocycles. The molecule has 0 saturated heterocycles. The van der Waals surface area contributed by atoms with E-state index >= 15 is 0 Å². The Bertz CT molecular complexity index is 241. The molecule has 11 heavy (non-hydrogen) atoms. The predicted octanol–water partition coefficient (Wildman–Crippen LogP) is 2.96. The van der Waals surface area contributed by atoms with Gasteiger partial charge in [-0.2, -0.15) is 0 Å². The standard InChI is InChI=1S/C11H11/c1-2-4-6-8-10-11-9-7-5-3-1/h1-4,9-11H,5,7H2. The monoisotopic (exact) mass is 143 g/mol. The first kappa shape index (κ1) is 7.88. The second-order valence-electron chi connectivity index (χ2n) is 2.25. The number of hydrogen-bond donors (Lipinski definition) is 0. The summed E-state index contributed by atoms with van der Waals surface area (Å²) in [7, 11) is 0. The van der Waals surface area contributed by atoms with Crippen molar-refractivity contribution in [2.45, 2.75) is 12.8 Å². The third-order valence-corrected chi connectivity index (χ3v) is 1.33. The van der Waals surface area contributed by atoms with Crippen LogP contribution in [0.25, 0.3) is 0 Å². The minimum absolute atomic E-state index is 1.10. The van der Waals surface area contributed by atoms with Crippen LogP contribution in [0, 0.1) is 6.42 Å². The molecule has 0 unspecified atom stereocenters. The number of hydrogen-bond acceptors (Lipinski definition) is 0. The van der Waals surface area contributed by atoms with Crippen molar-refractivity contribution in [3.8, 4) is 0 Å². The lowest BCUT2D eigenvalue weighted by Gasteiger charge is -1.83. The molecule has 0 heteroatoms. The first-order valence-corrected chi connectivity index (χ1v) is 3.81. The van der Waals surface area contributed by atoms with Gasteiger partial charge in [-0.3, -0.25) is 0 Å². The fourth-order valence-electron chi connectivity index (χ4n) is 0.780. The van der Waals surface area contributed by atoms with Crippen LogP contribution in [0.1, 0.15) is 12.8 Å². The summed E-state index contributed by atoms with van der Waals surface area (Å²) in [5.74, 6) is 0. The zero-order valence-corrected chi connectivity index (χ0v) is 6.46. The summed E-state index contributed by atoms with van der Waals surface area (Å²) in [6.07, 6.45) is 16.2. The first-order valence-electron chi connectivity index (χ1n) is 3.81. The van der Waals surface area contributed by atoms with E-state index in [9.17, 15) is 0 Å². The fraction of sp³-hybridized carbons (Fsp3) is 0.182. The topological polar surface area (TPSA) is 0 Å². The lowest BCUT2D eigenvalue weighted by molar-refractivity contribution is 1.05. The van der Waals surface area contributed by atoms with Crippen LogP contribution in [-0.4, -0.2) is 0 Å². The molecule has 0 spiro atoms. The van der Waals surface area contributed by atoms with Gasteiger partial charge >= 0.3 is 0 Å². The molecule has 0 nitrogen and oxygen atoms in total. The first-order chi connectivity index (χ1) is 5.50. The van der Waals surface area contributed by atoms with E-state index in [1.54, 1.807) is 0 Å². The Morgan fingerprint density at radius 3 is 2.45 bits per heavy atom. The van der Waals surface area contributed by atoms with Gasteiger partial charge in [-0.25, -0.2) is 0 Å². The van der Waals surface area contributed by atoms with Crippen LogP contribution < -0.4 is 0 Å². The van der Waals surface area contributed by atoms with Crippen molar-refractivity contribution in [2.24, 2.45) is 0 Å². The van der Waals surface area contributed by atoms with E-state index in [-0.39, 0.29) is 0 Å². The zero-order valence-electron chi connectivity index (χ0n) is 6.46. The molecule has 0 N–H and O–H groups in total. The summed E-state index contributed by atoms with van der Waals surface area (Å²) < 4.78 is 0. The smallest absolute Gasteiger partial charge is 0.0133 e. The van der Waals surface area contributed by atoms with E-state index in [0.29, 0.717) is 0 Å². The van der Waals surface area contributed by atoms with Gasteiger partial charge in [0.1, 0.15) is 0 Å². The summed E-state index contributed by atoms with van der Waals surface area (Å²) in [5, 5.41) is 0. The van der Waals surface area contributed by atoms with E-state index in [2.05, 4.69) is 23.6 Å². The molecular formula is C11H11. The van der Waals surface area contributed by atoms with Gasteiger partial charge in [0.25, 0.3) is 0 Å². The second kappa shape index (κ2) is 5.56. The maximum Gasteiger partial charge on any atom is 0.0133 e. The molecule has 0 atom stereocenters.